The van der Waals surface area contributed by atoms with E-state index in [0.717, 1.165) is 42.1 Å². The van der Waals surface area contributed by atoms with Gasteiger partial charge in [-0.15, -0.1) is 0 Å². The standard InChI is InChI=1S/C13H16N4O2S/c18-12(19)9-20-13-15-10-8-14-5-4-11(10)17(13)16-6-2-1-3-7-16/h4-5,8H,1-3,6-7,9H2,(H,18,19). The van der Waals surface area contributed by atoms with Crippen LogP contribution in [0.4, 0.5) is 0 Å². The molecule has 0 radical (unpaired) electrons. The number of carboxylic acids is 1. The summed E-state index contributed by atoms with van der Waals surface area (Å²) in [6, 6.07) is 1.93. The third-order valence-electron chi connectivity index (χ3n) is 3.34. The maximum Gasteiger partial charge on any atom is 0.313 e. The molecule has 3 rings (SSSR count). The summed E-state index contributed by atoms with van der Waals surface area (Å²) >= 11 is 1.26. The maximum atomic E-state index is 10.8. The third kappa shape index (κ3) is 2.58. The van der Waals surface area contributed by atoms with E-state index in [0.29, 0.717) is 0 Å². The number of carbonyl (C=O) groups is 1. The first kappa shape index (κ1) is 13.2. The lowest BCUT2D eigenvalue weighted by Crippen LogP contribution is -2.39. The van der Waals surface area contributed by atoms with Gasteiger partial charge in [-0.05, 0) is 25.3 Å². The highest BCUT2D eigenvalue weighted by molar-refractivity contribution is 7.99. The zero-order valence-electron chi connectivity index (χ0n) is 11.0. The highest BCUT2D eigenvalue weighted by Crippen LogP contribution is 2.25. The molecule has 2 aromatic rings. The Labute approximate surface area is 120 Å². The molecule has 0 aromatic carbocycles. The van der Waals surface area contributed by atoms with E-state index in [9.17, 15) is 4.79 Å². The predicted octanol–water partition coefficient (Wildman–Crippen LogP) is 1.73. The number of aliphatic carboxylic acids is 1. The lowest BCUT2D eigenvalue weighted by molar-refractivity contribution is -0.133. The van der Waals surface area contributed by atoms with Gasteiger partial charge >= 0.3 is 5.97 Å². The molecule has 1 fully saturated rings. The SMILES string of the molecule is O=C(O)CSc1nc2cnccc2n1N1CCCCC1. The molecule has 0 atom stereocenters. The minimum atomic E-state index is -0.828. The smallest absolute Gasteiger partial charge is 0.313 e. The number of fused-ring (bicyclic) bond motifs is 1. The van der Waals surface area contributed by atoms with Crippen molar-refractivity contribution in [2.45, 2.75) is 24.4 Å². The van der Waals surface area contributed by atoms with Gasteiger partial charge in [0.15, 0.2) is 5.16 Å². The van der Waals surface area contributed by atoms with Crippen LogP contribution in [0.1, 0.15) is 19.3 Å². The number of aromatic nitrogens is 3. The fourth-order valence-electron chi connectivity index (χ4n) is 2.47. The molecule has 1 N–H and O–H groups in total. The number of rotatable bonds is 4. The van der Waals surface area contributed by atoms with Crippen LogP contribution in [0.2, 0.25) is 0 Å². The second-order valence-corrected chi connectivity index (χ2v) is 5.71. The molecule has 0 aliphatic carbocycles. The van der Waals surface area contributed by atoms with Gasteiger partial charge in [0, 0.05) is 19.3 Å². The minimum Gasteiger partial charge on any atom is -0.481 e. The van der Waals surface area contributed by atoms with Crippen LogP contribution in [0.5, 0.6) is 0 Å². The van der Waals surface area contributed by atoms with Gasteiger partial charge in [0.25, 0.3) is 0 Å². The molecule has 0 amide bonds. The number of carboxylic acid groups (broad SMARTS) is 1. The summed E-state index contributed by atoms with van der Waals surface area (Å²) in [6.07, 6.45) is 7.04. The molecule has 20 heavy (non-hydrogen) atoms. The van der Waals surface area contributed by atoms with Crippen LogP contribution in [-0.4, -0.2) is 44.6 Å². The molecule has 0 bridgehead atoms. The lowest BCUT2D eigenvalue weighted by atomic mass is 10.2. The molecule has 1 saturated heterocycles. The van der Waals surface area contributed by atoms with Crippen molar-refractivity contribution in [3.63, 3.8) is 0 Å². The summed E-state index contributed by atoms with van der Waals surface area (Å²) in [7, 11) is 0. The van der Waals surface area contributed by atoms with E-state index in [4.69, 9.17) is 5.11 Å². The van der Waals surface area contributed by atoms with E-state index < -0.39 is 5.97 Å². The summed E-state index contributed by atoms with van der Waals surface area (Å²) in [4.78, 5) is 19.4. The highest BCUT2D eigenvalue weighted by atomic mass is 32.2. The van der Waals surface area contributed by atoms with E-state index in [1.165, 1.54) is 18.2 Å². The average molecular weight is 292 g/mol. The first-order valence-corrected chi connectivity index (χ1v) is 7.66. The fourth-order valence-corrected chi connectivity index (χ4v) is 3.22. The topological polar surface area (TPSA) is 71.2 Å². The Morgan fingerprint density at radius 2 is 2.15 bits per heavy atom. The van der Waals surface area contributed by atoms with Crippen LogP contribution in [0.25, 0.3) is 11.0 Å². The first-order chi connectivity index (χ1) is 9.75. The third-order valence-corrected chi connectivity index (χ3v) is 4.26. The zero-order valence-corrected chi connectivity index (χ0v) is 11.8. The van der Waals surface area contributed by atoms with Crippen molar-refractivity contribution in [1.82, 2.24) is 14.6 Å². The number of hydrogen-bond donors (Lipinski definition) is 1. The normalized spacial score (nSPS) is 15.7. The van der Waals surface area contributed by atoms with Gasteiger partial charge in [0.2, 0.25) is 0 Å². The second kappa shape index (κ2) is 5.70. The predicted molar refractivity (Wildman–Crippen MR) is 77.7 cm³/mol. The van der Waals surface area contributed by atoms with E-state index in [1.54, 1.807) is 12.4 Å². The number of nitrogens with zero attached hydrogens (tertiary/aromatic N) is 4. The molecular weight excluding hydrogens is 276 g/mol. The van der Waals surface area contributed by atoms with Crippen molar-refractivity contribution >= 4 is 28.8 Å². The molecule has 3 heterocycles. The Balaban J connectivity index is 2.00. The van der Waals surface area contributed by atoms with Crippen molar-refractivity contribution in [1.29, 1.82) is 0 Å². The van der Waals surface area contributed by atoms with Gasteiger partial charge in [-0.1, -0.05) is 11.8 Å². The van der Waals surface area contributed by atoms with Crippen LogP contribution in [0.3, 0.4) is 0 Å². The van der Waals surface area contributed by atoms with Crippen molar-refractivity contribution in [2.75, 3.05) is 23.9 Å². The quantitative estimate of drug-likeness (QED) is 0.865. The molecule has 0 unspecified atom stereocenters. The summed E-state index contributed by atoms with van der Waals surface area (Å²) in [5.74, 6) is -0.810. The van der Waals surface area contributed by atoms with Gasteiger partial charge < -0.3 is 10.1 Å². The van der Waals surface area contributed by atoms with Gasteiger partial charge in [-0.2, -0.15) is 0 Å². The fraction of sp³-hybridized carbons (Fsp3) is 0.462. The van der Waals surface area contributed by atoms with Crippen LogP contribution < -0.4 is 5.01 Å². The van der Waals surface area contributed by atoms with Crippen molar-refractivity contribution in [3.05, 3.63) is 18.5 Å². The molecule has 7 heteroatoms. The Bertz CT molecular complexity index is 622. The molecule has 2 aromatic heterocycles. The van der Waals surface area contributed by atoms with Crippen LogP contribution in [0, 0.1) is 0 Å². The lowest BCUT2D eigenvalue weighted by Gasteiger charge is -2.31. The largest absolute Gasteiger partial charge is 0.481 e. The summed E-state index contributed by atoms with van der Waals surface area (Å²) in [5.41, 5.74) is 1.81. The average Bonchev–Trinajstić information content (AvgIpc) is 2.84. The zero-order chi connectivity index (χ0) is 13.9. The van der Waals surface area contributed by atoms with Crippen molar-refractivity contribution < 1.29 is 9.90 Å². The number of piperidine rings is 1. The second-order valence-electron chi connectivity index (χ2n) is 4.77. The van der Waals surface area contributed by atoms with Crippen molar-refractivity contribution in [3.8, 4) is 0 Å². The molecule has 0 saturated carbocycles. The van der Waals surface area contributed by atoms with Gasteiger partial charge in [0.1, 0.15) is 5.52 Å². The van der Waals surface area contributed by atoms with Crippen LogP contribution in [0.15, 0.2) is 23.6 Å². The summed E-state index contributed by atoms with van der Waals surface area (Å²) in [5, 5.41) is 11.9. The monoisotopic (exact) mass is 292 g/mol. The van der Waals surface area contributed by atoms with E-state index in [1.807, 2.05) is 6.07 Å². The number of pyridine rings is 1. The maximum absolute atomic E-state index is 10.8. The molecule has 6 nitrogen and oxygen atoms in total. The summed E-state index contributed by atoms with van der Waals surface area (Å²) in [6.45, 7) is 1.96. The van der Waals surface area contributed by atoms with Gasteiger partial charge in [-0.25, -0.2) is 9.66 Å². The Hall–Kier alpha value is -1.76. The number of imidazole rings is 1. The number of thioether (sulfide) groups is 1. The Morgan fingerprint density at radius 1 is 1.35 bits per heavy atom. The van der Waals surface area contributed by atoms with Gasteiger partial charge in [0.05, 0.1) is 17.5 Å². The minimum absolute atomic E-state index is 0.0184. The molecule has 106 valence electrons. The van der Waals surface area contributed by atoms with Crippen LogP contribution in [-0.2, 0) is 4.79 Å². The first-order valence-electron chi connectivity index (χ1n) is 6.68. The number of hydrogen-bond acceptors (Lipinski definition) is 5. The Morgan fingerprint density at radius 3 is 2.90 bits per heavy atom. The molecular formula is C13H16N4O2S. The van der Waals surface area contributed by atoms with E-state index in [-0.39, 0.29) is 5.75 Å². The molecule has 1 aliphatic heterocycles. The Kier molecular flexibility index (Phi) is 3.77. The van der Waals surface area contributed by atoms with Crippen LogP contribution >= 0.6 is 11.8 Å². The van der Waals surface area contributed by atoms with Gasteiger partial charge in [-0.3, -0.25) is 9.78 Å². The van der Waals surface area contributed by atoms with Crippen molar-refractivity contribution in [2.24, 2.45) is 0 Å². The summed E-state index contributed by atoms with van der Waals surface area (Å²) < 4.78 is 2.06. The highest BCUT2D eigenvalue weighted by Gasteiger charge is 2.19. The molecule has 0 spiro atoms. The van der Waals surface area contributed by atoms with E-state index in [2.05, 4.69) is 19.7 Å². The molecule has 1 aliphatic rings. The van der Waals surface area contributed by atoms with E-state index >= 15 is 0 Å².